The minimum atomic E-state index is -1.14. The summed E-state index contributed by atoms with van der Waals surface area (Å²) in [5, 5.41) is 9.65. The zero-order chi connectivity index (χ0) is 18.8. The van der Waals surface area contributed by atoms with Crippen LogP contribution in [0.4, 0.5) is 0 Å². The molecule has 1 aliphatic rings. The van der Waals surface area contributed by atoms with Gasteiger partial charge in [-0.15, -0.1) is 0 Å². The normalized spacial score (nSPS) is 14.2. The number of ether oxygens (including phenoxy) is 2. The number of hydrogen-bond acceptors (Lipinski definition) is 5. The van der Waals surface area contributed by atoms with Crippen LogP contribution in [-0.2, 0) is 4.79 Å². The van der Waals surface area contributed by atoms with Crippen LogP contribution < -0.4 is 9.47 Å². The number of aliphatic carboxylic acids is 1. The first kappa shape index (κ1) is 17.5. The van der Waals surface area contributed by atoms with E-state index >= 15 is 0 Å². The number of fused-ring (bicyclic) bond motifs is 1. The second-order valence-electron chi connectivity index (χ2n) is 5.77. The number of hydrogen-bond donors (Lipinski definition) is 1. The minimum Gasteiger partial charge on any atom is -0.493 e. The fourth-order valence-electron chi connectivity index (χ4n) is 2.98. The van der Waals surface area contributed by atoms with Gasteiger partial charge in [0.05, 0.1) is 31.3 Å². The number of benzene rings is 2. The first-order chi connectivity index (χ1) is 12.5. The van der Waals surface area contributed by atoms with E-state index in [9.17, 15) is 19.5 Å². The second kappa shape index (κ2) is 6.87. The quantitative estimate of drug-likeness (QED) is 0.798. The van der Waals surface area contributed by atoms with E-state index in [2.05, 4.69) is 0 Å². The zero-order valence-electron chi connectivity index (χ0n) is 14.3. The van der Waals surface area contributed by atoms with Gasteiger partial charge in [-0.3, -0.25) is 19.3 Å². The van der Waals surface area contributed by atoms with Crippen LogP contribution in [0.25, 0.3) is 0 Å². The Bertz CT molecular complexity index is 856. The highest BCUT2D eigenvalue weighted by Gasteiger charge is 2.38. The van der Waals surface area contributed by atoms with Crippen molar-refractivity contribution in [2.75, 3.05) is 20.8 Å². The van der Waals surface area contributed by atoms with Crippen LogP contribution in [0.5, 0.6) is 11.5 Å². The number of nitrogens with zero attached hydrogens (tertiary/aromatic N) is 1. The third kappa shape index (κ3) is 2.88. The van der Waals surface area contributed by atoms with Gasteiger partial charge in [-0.25, -0.2) is 0 Å². The molecule has 0 bridgehead atoms. The van der Waals surface area contributed by atoms with E-state index in [4.69, 9.17) is 9.47 Å². The molecule has 1 N–H and O–H groups in total. The van der Waals surface area contributed by atoms with E-state index < -0.39 is 23.7 Å². The molecule has 1 unspecified atom stereocenters. The zero-order valence-corrected chi connectivity index (χ0v) is 14.3. The average molecular weight is 355 g/mol. The molecule has 134 valence electrons. The van der Waals surface area contributed by atoms with Crippen LogP contribution in [0.2, 0.25) is 0 Å². The molecule has 0 saturated carbocycles. The summed E-state index contributed by atoms with van der Waals surface area (Å²) < 4.78 is 10.4. The second-order valence-corrected chi connectivity index (χ2v) is 5.77. The lowest BCUT2D eigenvalue weighted by atomic mass is 9.98. The summed E-state index contributed by atoms with van der Waals surface area (Å²) in [6.07, 6.45) is 0. The van der Waals surface area contributed by atoms with E-state index in [1.807, 2.05) is 0 Å². The number of amides is 2. The Labute approximate surface area is 149 Å². The van der Waals surface area contributed by atoms with Crippen molar-refractivity contribution in [3.05, 3.63) is 59.2 Å². The molecule has 0 spiro atoms. The number of imide groups is 1. The Kier molecular flexibility index (Phi) is 4.62. The standard InChI is InChI=1S/C19H17NO6/c1-25-15-8-7-11(9-16(15)26-2)14(19(23)24)10-20-17(21)12-5-3-4-6-13(12)18(20)22/h3-9,14H,10H2,1-2H3,(H,23,24). The summed E-state index contributed by atoms with van der Waals surface area (Å²) >= 11 is 0. The van der Waals surface area contributed by atoms with E-state index in [1.165, 1.54) is 20.3 Å². The van der Waals surface area contributed by atoms with Crippen molar-refractivity contribution < 1.29 is 29.0 Å². The Balaban J connectivity index is 1.93. The van der Waals surface area contributed by atoms with Crippen LogP contribution >= 0.6 is 0 Å². The van der Waals surface area contributed by atoms with E-state index in [1.54, 1.807) is 36.4 Å². The van der Waals surface area contributed by atoms with Gasteiger partial charge in [-0.2, -0.15) is 0 Å². The van der Waals surface area contributed by atoms with Gasteiger partial charge in [0, 0.05) is 6.54 Å². The summed E-state index contributed by atoms with van der Waals surface area (Å²) in [5.41, 5.74) is 0.981. The van der Waals surface area contributed by atoms with Crippen LogP contribution in [0.1, 0.15) is 32.2 Å². The van der Waals surface area contributed by atoms with Crippen LogP contribution in [0.15, 0.2) is 42.5 Å². The lowest BCUT2D eigenvalue weighted by Crippen LogP contribution is -2.36. The highest BCUT2D eigenvalue weighted by Crippen LogP contribution is 2.32. The van der Waals surface area contributed by atoms with Crippen LogP contribution in [-0.4, -0.2) is 48.6 Å². The van der Waals surface area contributed by atoms with Crippen LogP contribution in [0, 0.1) is 0 Å². The van der Waals surface area contributed by atoms with E-state index in [-0.39, 0.29) is 17.7 Å². The third-order valence-corrected chi connectivity index (χ3v) is 4.35. The van der Waals surface area contributed by atoms with Gasteiger partial charge in [0.2, 0.25) is 0 Å². The van der Waals surface area contributed by atoms with Crippen molar-refractivity contribution in [1.29, 1.82) is 0 Å². The molecule has 0 fully saturated rings. The third-order valence-electron chi connectivity index (χ3n) is 4.35. The van der Waals surface area contributed by atoms with Gasteiger partial charge in [-0.05, 0) is 29.8 Å². The Morgan fingerprint density at radius 1 is 1.00 bits per heavy atom. The van der Waals surface area contributed by atoms with Crippen molar-refractivity contribution >= 4 is 17.8 Å². The molecular formula is C19H17NO6. The molecule has 0 aromatic heterocycles. The molecule has 2 aromatic carbocycles. The molecule has 2 aromatic rings. The Morgan fingerprint density at radius 3 is 2.08 bits per heavy atom. The van der Waals surface area contributed by atoms with Crippen molar-refractivity contribution in [1.82, 2.24) is 4.90 Å². The van der Waals surface area contributed by atoms with Gasteiger partial charge >= 0.3 is 5.97 Å². The number of carbonyl (C=O) groups excluding carboxylic acids is 2. The van der Waals surface area contributed by atoms with Gasteiger partial charge in [-0.1, -0.05) is 18.2 Å². The average Bonchev–Trinajstić information content (AvgIpc) is 2.90. The molecule has 26 heavy (non-hydrogen) atoms. The van der Waals surface area contributed by atoms with Crippen molar-refractivity contribution in [2.45, 2.75) is 5.92 Å². The summed E-state index contributed by atoms with van der Waals surface area (Å²) in [6.45, 7) is -0.267. The van der Waals surface area contributed by atoms with Crippen molar-refractivity contribution in [3.8, 4) is 11.5 Å². The first-order valence-electron chi connectivity index (χ1n) is 7.88. The molecular weight excluding hydrogens is 338 g/mol. The fraction of sp³-hybridized carbons (Fsp3) is 0.211. The van der Waals surface area contributed by atoms with E-state index in [0.29, 0.717) is 17.1 Å². The molecule has 0 aliphatic carbocycles. The maximum absolute atomic E-state index is 12.5. The fourth-order valence-corrected chi connectivity index (χ4v) is 2.98. The van der Waals surface area contributed by atoms with Crippen molar-refractivity contribution in [3.63, 3.8) is 0 Å². The lowest BCUT2D eigenvalue weighted by molar-refractivity contribution is -0.138. The highest BCUT2D eigenvalue weighted by atomic mass is 16.5. The molecule has 1 atom stereocenters. The summed E-state index contributed by atoms with van der Waals surface area (Å²) in [6, 6.07) is 11.1. The summed E-state index contributed by atoms with van der Waals surface area (Å²) in [4.78, 5) is 37.8. The summed E-state index contributed by atoms with van der Waals surface area (Å²) in [5.74, 6) is -2.37. The molecule has 2 amide bonds. The predicted octanol–water partition coefficient (Wildman–Crippen LogP) is 2.17. The van der Waals surface area contributed by atoms with Gasteiger partial charge in [0.1, 0.15) is 0 Å². The van der Waals surface area contributed by atoms with E-state index in [0.717, 1.165) is 4.90 Å². The topological polar surface area (TPSA) is 93.1 Å². The molecule has 1 heterocycles. The number of carboxylic acid groups (broad SMARTS) is 1. The number of carboxylic acids is 1. The molecule has 7 nitrogen and oxygen atoms in total. The lowest BCUT2D eigenvalue weighted by Gasteiger charge is -2.20. The molecule has 0 radical (unpaired) electrons. The maximum Gasteiger partial charge on any atom is 0.312 e. The molecule has 7 heteroatoms. The maximum atomic E-state index is 12.5. The predicted molar refractivity (Wildman–Crippen MR) is 91.7 cm³/mol. The van der Waals surface area contributed by atoms with Crippen LogP contribution in [0.3, 0.4) is 0 Å². The molecule has 0 saturated heterocycles. The number of rotatable bonds is 6. The highest BCUT2D eigenvalue weighted by molar-refractivity contribution is 6.21. The number of methoxy groups -OCH3 is 2. The molecule has 3 rings (SSSR count). The SMILES string of the molecule is COc1ccc(C(CN2C(=O)c3ccccc3C2=O)C(=O)O)cc1OC. The summed E-state index contributed by atoms with van der Waals surface area (Å²) in [7, 11) is 2.92. The monoisotopic (exact) mass is 355 g/mol. The smallest absolute Gasteiger partial charge is 0.312 e. The number of carbonyl (C=O) groups is 3. The minimum absolute atomic E-state index is 0.267. The Hall–Kier alpha value is -3.35. The Morgan fingerprint density at radius 2 is 1.58 bits per heavy atom. The molecule has 1 aliphatic heterocycles. The van der Waals surface area contributed by atoms with Gasteiger partial charge in [0.15, 0.2) is 11.5 Å². The largest absolute Gasteiger partial charge is 0.493 e. The van der Waals surface area contributed by atoms with Gasteiger partial charge in [0.25, 0.3) is 11.8 Å². The first-order valence-corrected chi connectivity index (χ1v) is 7.88. The van der Waals surface area contributed by atoms with Gasteiger partial charge < -0.3 is 14.6 Å². The van der Waals surface area contributed by atoms with Crippen molar-refractivity contribution in [2.24, 2.45) is 0 Å².